The summed E-state index contributed by atoms with van der Waals surface area (Å²) in [5, 5.41) is 4.37. The molecule has 1 aromatic rings. The molecule has 1 saturated carbocycles. The number of ether oxygens (including phenoxy) is 2. The summed E-state index contributed by atoms with van der Waals surface area (Å²) in [7, 11) is 1.66. The van der Waals surface area contributed by atoms with Crippen molar-refractivity contribution in [3.05, 3.63) is 22.7 Å². The molecule has 0 heterocycles. The average molecular weight is 326 g/mol. The summed E-state index contributed by atoms with van der Waals surface area (Å²) in [6.07, 6.45) is 8.90. The molecule has 0 radical (unpaired) electrons. The van der Waals surface area contributed by atoms with Crippen LogP contribution in [-0.4, -0.2) is 19.8 Å². The summed E-state index contributed by atoms with van der Waals surface area (Å²) in [5.74, 6) is 1.55. The second-order valence-electron chi connectivity index (χ2n) is 6.01. The third kappa shape index (κ3) is 5.06. The van der Waals surface area contributed by atoms with E-state index in [1.165, 1.54) is 38.5 Å². The molecule has 0 saturated heterocycles. The molecule has 0 aromatic heterocycles. The zero-order chi connectivity index (χ0) is 15.8. The van der Waals surface area contributed by atoms with Gasteiger partial charge < -0.3 is 14.8 Å². The normalized spacial score (nSPS) is 16.3. The van der Waals surface area contributed by atoms with Crippen molar-refractivity contribution in [2.75, 3.05) is 13.7 Å². The van der Waals surface area contributed by atoms with Crippen molar-refractivity contribution in [2.24, 2.45) is 0 Å². The van der Waals surface area contributed by atoms with Gasteiger partial charge in [-0.1, -0.05) is 44.2 Å². The molecule has 1 fully saturated rings. The molecule has 0 unspecified atom stereocenters. The molecule has 0 aliphatic heterocycles. The Morgan fingerprint density at radius 2 is 1.91 bits per heavy atom. The Kier molecular flexibility index (Phi) is 7.34. The van der Waals surface area contributed by atoms with E-state index in [0.717, 1.165) is 30.0 Å². The maximum absolute atomic E-state index is 6.22. The molecule has 1 N–H and O–H groups in total. The predicted molar refractivity (Wildman–Crippen MR) is 92.1 cm³/mol. The summed E-state index contributed by atoms with van der Waals surface area (Å²) in [6, 6.07) is 4.41. The zero-order valence-corrected chi connectivity index (χ0v) is 14.5. The summed E-state index contributed by atoms with van der Waals surface area (Å²) >= 11 is 6.22. The highest BCUT2D eigenvalue weighted by Gasteiger charge is 2.16. The van der Waals surface area contributed by atoms with Gasteiger partial charge in [0.05, 0.1) is 13.7 Å². The molecule has 4 heteroatoms. The maximum Gasteiger partial charge on any atom is 0.165 e. The van der Waals surface area contributed by atoms with Crippen LogP contribution in [0.5, 0.6) is 11.5 Å². The Labute approximate surface area is 139 Å². The van der Waals surface area contributed by atoms with Crippen molar-refractivity contribution in [3.8, 4) is 11.5 Å². The van der Waals surface area contributed by atoms with Gasteiger partial charge in [0.2, 0.25) is 0 Å². The third-order valence-corrected chi connectivity index (χ3v) is 4.42. The van der Waals surface area contributed by atoms with Gasteiger partial charge in [0.15, 0.2) is 11.5 Å². The SMILES string of the molecule is CCCOc1c(CNC2CCCCCC2)cc(Cl)cc1OC. The minimum absolute atomic E-state index is 0.603. The van der Waals surface area contributed by atoms with Crippen LogP contribution in [-0.2, 0) is 6.54 Å². The molecule has 3 nitrogen and oxygen atoms in total. The van der Waals surface area contributed by atoms with Gasteiger partial charge in [-0.15, -0.1) is 0 Å². The highest BCUT2D eigenvalue weighted by molar-refractivity contribution is 6.30. The van der Waals surface area contributed by atoms with Gasteiger partial charge in [-0.3, -0.25) is 0 Å². The van der Waals surface area contributed by atoms with Crippen LogP contribution >= 0.6 is 11.6 Å². The van der Waals surface area contributed by atoms with Gasteiger partial charge in [0, 0.05) is 29.2 Å². The Hall–Kier alpha value is -0.930. The van der Waals surface area contributed by atoms with Gasteiger partial charge in [-0.2, -0.15) is 0 Å². The van der Waals surface area contributed by atoms with E-state index < -0.39 is 0 Å². The minimum atomic E-state index is 0.603. The second-order valence-corrected chi connectivity index (χ2v) is 6.45. The largest absolute Gasteiger partial charge is 0.493 e. The average Bonchev–Trinajstić information content (AvgIpc) is 2.80. The van der Waals surface area contributed by atoms with E-state index >= 15 is 0 Å². The van der Waals surface area contributed by atoms with Crippen LogP contribution in [0.2, 0.25) is 5.02 Å². The second kappa shape index (κ2) is 9.26. The Morgan fingerprint density at radius 3 is 2.55 bits per heavy atom. The number of hydrogen-bond acceptors (Lipinski definition) is 3. The highest BCUT2D eigenvalue weighted by Crippen LogP contribution is 2.35. The molecule has 1 aliphatic carbocycles. The number of benzene rings is 1. The smallest absolute Gasteiger partial charge is 0.165 e. The number of hydrogen-bond donors (Lipinski definition) is 1. The van der Waals surface area contributed by atoms with Crippen LogP contribution in [0.1, 0.15) is 57.4 Å². The monoisotopic (exact) mass is 325 g/mol. The molecule has 0 amide bonds. The van der Waals surface area contributed by atoms with Crippen molar-refractivity contribution in [1.29, 1.82) is 0 Å². The molecule has 2 rings (SSSR count). The number of rotatable bonds is 7. The molecule has 0 atom stereocenters. The summed E-state index contributed by atoms with van der Waals surface area (Å²) in [6.45, 7) is 3.57. The van der Waals surface area contributed by atoms with Crippen LogP contribution in [0.4, 0.5) is 0 Å². The fourth-order valence-corrected chi connectivity index (χ4v) is 3.24. The lowest BCUT2D eigenvalue weighted by Crippen LogP contribution is -2.28. The van der Waals surface area contributed by atoms with Gasteiger partial charge in [0.25, 0.3) is 0 Å². The van der Waals surface area contributed by atoms with Crippen LogP contribution in [0.25, 0.3) is 0 Å². The van der Waals surface area contributed by atoms with Crippen molar-refractivity contribution in [2.45, 2.75) is 64.5 Å². The van der Waals surface area contributed by atoms with Gasteiger partial charge in [-0.05, 0) is 25.3 Å². The first kappa shape index (κ1) is 17.4. The van der Waals surface area contributed by atoms with E-state index in [-0.39, 0.29) is 0 Å². The first-order chi connectivity index (χ1) is 10.7. The predicted octanol–water partition coefficient (Wildman–Crippen LogP) is 4.95. The molecule has 124 valence electrons. The van der Waals surface area contributed by atoms with Crippen molar-refractivity contribution in [1.82, 2.24) is 5.32 Å². The Balaban J connectivity index is 2.08. The number of methoxy groups -OCH3 is 1. The van der Waals surface area contributed by atoms with Crippen molar-refractivity contribution in [3.63, 3.8) is 0 Å². The molecular weight excluding hydrogens is 298 g/mol. The lowest BCUT2D eigenvalue weighted by atomic mass is 10.1. The topological polar surface area (TPSA) is 30.5 Å². The van der Waals surface area contributed by atoms with Crippen LogP contribution < -0.4 is 14.8 Å². The van der Waals surface area contributed by atoms with E-state index in [1.54, 1.807) is 7.11 Å². The first-order valence-corrected chi connectivity index (χ1v) is 8.85. The van der Waals surface area contributed by atoms with Gasteiger partial charge >= 0.3 is 0 Å². The fraction of sp³-hybridized carbons (Fsp3) is 0.667. The minimum Gasteiger partial charge on any atom is -0.493 e. The number of halogens is 1. The van der Waals surface area contributed by atoms with Crippen LogP contribution in [0, 0.1) is 0 Å². The lowest BCUT2D eigenvalue weighted by Gasteiger charge is -2.19. The molecule has 1 aromatic carbocycles. The highest BCUT2D eigenvalue weighted by atomic mass is 35.5. The molecule has 0 spiro atoms. The van der Waals surface area contributed by atoms with E-state index in [0.29, 0.717) is 17.7 Å². The Morgan fingerprint density at radius 1 is 1.18 bits per heavy atom. The van der Waals surface area contributed by atoms with Gasteiger partial charge in [0.1, 0.15) is 0 Å². The summed E-state index contributed by atoms with van der Waals surface area (Å²) in [5.41, 5.74) is 1.09. The van der Waals surface area contributed by atoms with Crippen LogP contribution in [0.15, 0.2) is 12.1 Å². The standard InChI is InChI=1S/C18H28ClNO2/c1-3-10-22-18-14(11-15(19)12-17(18)21-2)13-20-16-8-6-4-5-7-9-16/h11-12,16,20H,3-10,13H2,1-2H3. The van der Waals surface area contributed by atoms with E-state index in [1.807, 2.05) is 12.1 Å². The molecule has 22 heavy (non-hydrogen) atoms. The zero-order valence-electron chi connectivity index (χ0n) is 13.8. The molecule has 0 bridgehead atoms. The van der Waals surface area contributed by atoms with Crippen LogP contribution in [0.3, 0.4) is 0 Å². The van der Waals surface area contributed by atoms with Crippen molar-refractivity contribution < 1.29 is 9.47 Å². The maximum atomic E-state index is 6.22. The quantitative estimate of drug-likeness (QED) is 0.719. The number of nitrogens with one attached hydrogen (secondary N) is 1. The third-order valence-electron chi connectivity index (χ3n) is 4.20. The fourth-order valence-electron chi connectivity index (χ4n) is 3.01. The van der Waals surface area contributed by atoms with E-state index in [9.17, 15) is 0 Å². The van der Waals surface area contributed by atoms with E-state index in [4.69, 9.17) is 21.1 Å². The summed E-state index contributed by atoms with van der Waals surface area (Å²) < 4.78 is 11.3. The van der Waals surface area contributed by atoms with Crippen molar-refractivity contribution >= 4 is 11.6 Å². The van der Waals surface area contributed by atoms with E-state index in [2.05, 4.69) is 12.2 Å². The molecular formula is C18H28ClNO2. The Bertz CT molecular complexity index is 457. The molecule has 1 aliphatic rings. The summed E-state index contributed by atoms with van der Waals surface area (Å²) in [4.78, 5) is 0. The van der Waals surface area contributed by atoms with Gasteiger partial charge in [-0.25, -0.2) is 0 Å². The first-order valence-electron chi connectivity index (χ1n) is 8.47. The lowest BCUT2D eigenvalue weighted by molar-refractivity contribution is 0.289.